The SMILES string of the molecule is COC(=O)Nc1nc2cc(Oc3cccc(Cl)c3)cnc2[nH]1. The van der Waals surface area contributed by atoms with E-state index in [1.165, 1.54) is 7.11 Å². The van der Waals surface area contributed by atoms with Crippen LogP contribution in [-0.4, -0.2) is 28.2 Å². The first-order valence-corrected chi connectivity index (χ1v) is 6.66. The number of aromatic nitrogens is 3. The molecule has 0 spiro atoms. The van der Waals surface area contributed by atoms with Gasteiger partial charge in [-0.05, 0) is 18.2 Å². The fourth-order valence-corrected chi connectivity index (χ4v) is 1.99. The molecular weight excluding hydrogens is 308 g/mol. The number of fused-ring (bicyclic) bond motifs is 1. The van der Waals surface area contributed by atoms with Crippen molar-refractivity contribution in [3.8, 4) is 11.5 Å². The molecule has 2 heterocycles. The van der Waals surface area contributed by atoms with Crippen LogP contribution in [0.1, 0.15) is 0 Å². The Morgan fingerprint density at radius 3 is 2.95 bits per heavy atom. The highest BCUT2D eigenvalue weighted by Crippen LogP contribution is 2.25. The number of benzene rings is 1. The lowest BCUT2D eigenvalue weighted by Crippen LogP contribution is -2.11. The van der Waals surface area contributed by atoms with Crippen molar-refractivity contribution in [3.63, 3.8) is 0 Å². The molecule has 3 rings (SSSR count). The first-order valence-electron chi connectivity index (χ1n) is 6.28. The second-order valence-corrected chi connectivity index (χ2v) is 4.74. The Labute approximate surface area is 130 Å². The standard InChI is InChI=1S/C14H11ClN4O3/c1-21-14(20)19-13-17-11-6-10(7-16-12(11)18-13)22-9-4-2-3-8(15)5-9/h2-7H,1H3,(H2,16,17,18,19,20). The number of aromatic amines is 1. The van der Waals surface area contributed by atoms with Gasteiger partial charge in [0.1, 0.15) is 17.0 Å². The number of pyridine rings is 1. The van der Waals surface area contributed by atoms with Gasteiger partial charge in [-0.25, -0.2) is 14.8 Å². The monoisotopic (exact) mass is 318 g/mol. The predicted molar refractivity (Wildman–Crippen MR) is 81.4 cm³/mol. The second-order valence-electron chi connectivity index (χ2n) is 4.30. The zero-order valence-electron chi connectivity index (χ0n) is 11.5. The first-order chi connectivity index (χ1) is 10.6. The maximum atomic E-state index is 11.1. The highest BCUT2D eigenvalue weighted by Gasteiger charge is 2.09. The van der Waals surface area contributed by atoms with Crippen molar-refractivity contribution in [1.29, 1.82) is 0 Å². The zero-order valence-corrected chi connectivity index (χ0v) is 12.2. The molecule has 0 aliphatic carbocycles. The van der Waals surface area contributed by atoms with Gasteiger partial charge in [0.2, 0.25) is 5.95 Å². The van der Waals surface area contributed by atoms with E-state index in [1.807, 2.05) is 0 Å². The fourth-order valence-electron chi connectivity index (χ4n) is 1.81. The lowest BCUT2D eigenvalue weighted by molar-refractivity contribution is 0.186. The number of hydrogen-bond acceptors (Lipinski definition) is 5. The molecule has 112 valence electrons. The van der Waals surface area contributed by atoms with Crippen LogP contribution in [0.4, 0.5) is 10.7 Å². The van der Waals surface area contributed by atoms with Gasteiger partial charge in [-0.1, -0.05) is 17.7 Å². The zero-order chi connectivity index (χ0) is 15.5. The Bertz CT molecular complexity index is 834. The van der Waals surface area contributed by atoms with Gasteiger partial charge in [0, 0.05) is 11.1 Å². The number of hydrogen-bond donors (Lipinski definition) is 2. The number of nitrogens with one attached hydrogen (secondary N) is 2. The Hall–Kier alpha value is -2.80. The molecule has 0 aliphatic rings. The van der Waals surface area contributed by atoms with Gasteiger partial charge in [-0.15, -0.1) is 0 Å². The molecule has 0 fully saturated rings. The van der Waals surface area contributed by atoms with Crippen molar-refractivity contribution >= 4 is 34.8 Å². The number of anilines is 1. The molecule has 2 aromatic heterocycles. The Morgan fingerprint density at radius 1 is 1.32 bits per heavy atom. The molecule has 2 N–H and O–H groups in total. The number of H-pyrrole nitrogens is 1. The van der Waals surface area contributed by atoms with E-state index < -0.39 is 6.09 Å². The number of ether oxygens (including phenoxy) is 2. The summed E-state index contributed by atoms with van der Waals surface area (Å²) in [5.74, 6) is 1.34. The lowest BCUT2D eigenvalue weighted by Gasteiger charge is -2.04. The lowest BCUT2D eigenvalue weighted by atomic mass is 10.3. The number of nitrogens with zero attached hydrogens (tertiary/aromatic N) is 2. The molecule has 1 amide bonds. The second kappa shape index (κ2) is 5.90. The minimum Gasteiger partial charge on any atom is -0.456 e. The van der Waals surface area contributed by atoms with Gasteiger partial charge in [0.05, 0.1) is 13.3 Å². The van der Waals surface area contributed by atoms with Crippen LogP contribution in [0.3, 0.4) is 0 Å². The summed E-state index contributed by atoms with van der Waals surface area (Å²) in [5, 5.41) is 3.01. The molecular formula is C14H11ClN4O3. The summed E-state index contributed by atoms with van der Waals surface area (Å²) in [6, 6.07) is 8.72. The number of rotatable bonds is 3. The van der Waals surface area contributed by atoms with Crippen LogP contribution in [0, 0.1) is 0 Å². The van der Waals surface area contributed by atoms with Crippen LogP contribution in [0.2, 0.25) is 5.02 Å². The van der Waals surface area contributed by atoms with E-state index >= 15 is 0 Å². The fraction of sp³-hybridized carbons (Fsp3) is 0.0714. The summed E-state index contributed by atoms with van der Waals surface area (Å²) in [4.78, 5) is 22.4. The Morgan fingerprint density at radius 2 is 2.18 bits per heavy atom. The third-order valence-electron chi connectivity index (χ3n) is 2.75. The van der Waals surface area contributed by atoms with Gasteiger partial charge in [-0.3, -0.25) is 5.32 Å². The molecule has 7 nitrogen and oxygen atoms in total. The summed E-state index contributed by atoms with van der Waals surface area (Å²) in [6.07, 6.45) is 0.929. The van der Waals surface area contributed by atoms with Gasteiger partial charge < -0.3 is 14.5 Å². The molecule has 0 saturated heterocycles. The Balaban J connectivity index is 1.84. The quantitative estimate of drug-likeness (QED) is 0.770. The van der Waals surface area contributed by atoms with Crippen LogP contribution in [-0.2, 0) is 4.74 Å². The van der Waals surface area contributed by atoms with Crippen LogP contribution < -0.4 is 10.1 Å². The normalized spacial score (nSPS) is 10.5. The van der Waals surface area contributed by atoms with Crippen LogP contribution in [0.15, 0.2) is 36.5 Å². The van der Waals surface area contributed by atoms with E-state index in [0.29, 0.717) is 27.7 Å². The Kier molecular flexibility index (Phi) is 3.80. The molecule has 0 unspecified atom stereocenters. The van der Waals surface area contributed by atoms with Crippen LogP contribution in [0.5, 0.6) is 11.5 Å². The average molecular weight is 319 g/mol. The summed E-state index contributed by atoms with van der Waals surface area (Å²) >= 11 is 5.91. The molecule has 0 bridgehead atoms. The number of imidazole rings is 1. The van der Waals surface area contributed by atoms with E-state index in [2.05, 4.69) is 25.0 Å². The molecule has 0 radical (unpaired) electrons. The highest BCUT2D eigenvalue weighted by molar-refractivity contribution is 6.30. The van der Waals surface area contributed by atoms with E-state index in [4.69, 9.17) is 16.3 Å². The van der Waals surface area contributed by atoms with Crippen molar-refractivity contribution in [2.45, 2.75) is 0 Å². The largest absolute Gasteiger partial charge is 0.456 e. The minimum absolute atomic E-state index is 0.245. The van der Waals surface area contributed by atoms with Crippen LogP contribution in [0.25, 0.3) is 11.2 Å². The van der Waals surface area contributed by atoms with Crippen molar-refractivity contribution in [2.24, 2.45) is 0 Å². The van der Waals surface area contributed by atoms with E-state index in [9.17, 15) is 4.79 Å². The van der Waals surface area contributed by atoms with Gasteiger partial charge in [-0.2, -0.15) is 0 Å². The first kappa shape index (κ1) is 14.2. The molecule has 8 heteroatoms. The summed E-state index contributed by atoms with van der Waals surface area (Å²) in [5.41, 5.74) is 1.07. The topological polar surface area (TPSA) is 89.1 Å². The predicted octanol–water partition coefficient (Wildman–Crippen LogP) is 3.58. The average Bonchev–Trinajstić information content (AvgIpc) is 2.88. The van der Waals surface area contributed by atoms with Gasteiger partial charge >= 0.3 is 6.09 Å². The summed E-state index contributed by atoms with van der Waals surface area (Å²) in [7, 11) is 1.27. The van der Waals surface area contributed by atoms with Crippen molar-refractivity contribution in [3.05, 3.63) is 41.6 Å². The number of amides is 1. The number of carbonyl (C=O) groups excluding carboxylic acids is 1. The number of halogens is 1. The highest BCUT2D eigenvalue weighted by atomic mass is 35.5. The van der Waals surface area contributed by atoms with Crippen molar-refractivity contribution in [1.82, 2.24) is 15.0 Å². The van der Waals surface area contributed by atoms with Crippen LogP contribution >= 0.6 is 11.6 Å². The maximum Gasteiger partial charge on any atom is 0.413 e. The third-order valence-corrected chi connectivity index (χ3v) is 2.98. The van der Waals surface area contributed by atoms with Gasteiger partial charge in [0.25, 0.3) is 0 Å². The van der Waals surface area contributed by atoms with E-state index in [1.54, 1.807) is 36.5 Å². The summed E-state index contributed by atoms with van der Waals surface area (Å²) in [6.45, 7) is 0. The molecule has 0 aliphatic heterocycles. The number of carbonyl (C=O) groups is 1. The molecule has 0 saturated carbocycles. The third kappa shape index (κ3) is 3.09. The van der Waals surface area contributed by atoms with Gasteiger partial charge in [0.15, 0.2) is 5.65 Å². The molecule has 22 heavy (non-hydrogen) atoms. The minimum atomic E-state index is -0.616. The molecule has 1 aromatic carbocycles. The summed E-state index contributed by atoms with van der Waals surface area (Å²) < 4.78 is 10.2. The smallest absolute Gasteiger partial charge is 0.413 e. The van der Waals surface area contributed by atoms with Crippen molar-refractivity contribution < 1.29 is 14.3 Å². The van der Waals surface area contributed by atoms with E-state index in [-0.39, 0.29) is 5.95 Å². The maximum absolute atomic E-state index is 11.1. The molecule has 3 aromatic rings. The molecule has 0 atom stereocenters. The van der Waals surface area contributed by atoms with Crippen molar-refractivity contribution in [2.75, 3.05) is 12.4 Å². The number of methoxy groups -OCH3 is 1. The van der Waals surface area contributed by atoms with E-state index in [0.717, 1.165) is 0 Å².